The molecule has 0 unspecified atom stereocenters. The molecule has 0 saturated heterocycles. The van der Waals surface area contributed by atoms with E-state index in [0.29, 0.717) is 16.3 Å². The van der Waals surface area contributed by atoms with Gasteiger partial charge in [0.1, 0.15) is 0 Å². The van der Waals surface area contributed by atoms with Crippen molar-refractivity contribution in [1.29, 1.82) is 0 Å². The summed E-state index contributed by atoms with van der Waals surface area (Å²) in [5.41, 5.74) is 5.68. The molecular weight excluding hydrogens is 244 g/mol. The monoisotopic (exact) mass is 260 g/mol. The van der Waals surface area contributed by atoms with Crippen LogP contribution in [0.2, 0.25) is 0 Å². The summed E-state index contributed by atoms with van der Waals surface area (Å²) in [7, 11) is -3.37. The SMILES string of the molecule is CC1(CNS(=O)(=O)c2ccsc2CN)CC1. The smallest absolute Gasteiger partial charge is 0.241 e. The van der Waals surface area contributed by atoms with E-state index in [9.17, 15) is 8.42 Å². The van der Waals surface area contributed by atoms with Crippen LogP contribution in [0.1, 0.15) is 24.6 Å². The lowest BCUT2D eigenvalue weighted by Crippen LogP contribution is -2.29. The van der Waals surface area contributed by atoms with Gasteiger partial charge in [-0.1, -0.05) is 6.92 Å². The lowest BCUT2D eigenvalue weighted by Gasteiger charge is -2.10. The topological polar surface area (TPSA) is 72.2 Å². The average molecular weight is 260 g/mol. The second-order valence-electron chi connectivity index (χ2n) is 4.55. The molecule has 0 spiro atoms. The van der Waals surface area contributed by atoms with Crippen LogP contribution >= 0.6 is 11.3 Å². The van der Waals surface area contributed by atoms with Gasteiger partial charge in [-0.25, -0.2) is 13.1 Å². The Hall–Kier alpha value is -0.430. The lowest BCUT2D eigenvalue weighted by molar-refractivity contribution is 0.530. The second-order valence-corrected chi connectivity index (χ2v) is 7.28. The largest absolute Gasteiger partial charge is 0.326 e. The Kier molecular flexibility index (Phi) is 3.09. The predicted molar refractivity (Wildman–Crippen MR) is 64.7 cm³/mol. The van der Waals surface area contributed by atoms with Gasteiger partial charge in [0.25, 0.3) is 0 Å². The van der Waals surface area contributed by atoms with Gasteiger partial charge in [-0.3, -0.25) is 0 Å². The van der Waals surface area contributed by atoms with E-state index in [1.807, 2.05) is 0 Å². The van der Waals surface area contributed by atoms with E-state index in [4.69, 9.17) is 5.73 Å². The molecule has 3 N–H and O–H groups in total. The maximum absolute atomic E-state index is 12.0. The van der Waals surface area contributed by atoms with Gasteiger partial charge in [0.05, 0.1) is 4.90 Å². The van der Waals surface area contributed by atoms with Crippen LogP contribution in [0.5, 0.6) is 0 Å². The van der Waals surface area contributed by atoms with Crippen molar-refractivity contribution in [2.24, 2.45) is 11.1 Å². The summed E-state index contributed by atoms with van der Waals surface area (Å²) in [6.45, 7) is 2.88. The van der Waals surface area contributed by atoms with Gasteiger partial charge < -0.3 is 5.73 Å². The standard InChI is InChI=1S/C10H16N2O2S2/c1-10(3-4-10)7-12-16(13,14)9-2-5-15-8(9)6-11/h2,5,12H,3-4,6-7,11H2,1H3. The van der Waals surface area contributed by atoms with Crippen LogP contribution in [-0.4, -0.2) is 15.0 Å². The molecule has 16 heavy (non-hydrogen) atoms. The molecule has 0 bridgehead atoms. The first kappa shape index (κ1) is 12.0. The zero-order chi connectivity index (χ0) is 11.8. The highest BCUT2D eigenvalue weighted by atomic mass is 32.2. The number of nitrogens with two attached hydrogens (primary N) is 1. The first-order chi connectivity index (χ1) is 7.47. The van der Waals surface area contributed by atoms with E-state index >= 15 is 0 Å². The van der Waals surface area contributed by atoms with Crippen LogP contribution < -0.4 is 10.5 Å². The van der Waals surface area contributed by atoms with E-state index in [0.717, 1.165) is 12.8 Å². The van der Waals surface area contributed by atoms with Crippen molar-refractivity contribution in [3.05, 3.63) is 16.3 Å². The quantitative estimate of drug-likeness (QED) is 0.838. The van der Waals surface area contributed by atoms with E-state index in [2.05, 4.69) is 11.6 Å². The van der Waals surface area contributed by atoms with Crippen LogP contribution in [0, 0.1) is 5.41 Å². The minimum atomic E-state index is -3.37. The molecule has 0 atom stereocenters. The first-order valence-electron chi connectivity index (χ1n) is 5.23. The highest BCUT2D eigenvalue weighted by Gasteiger charge is 2.38. The molecule has 1 aromatic heterocycles. The number of sulfonamides is 1. The minimum absolute atomic E-state index is 0.173. The molecule has 1 aliphatic rings. The van der Waals surface area contributed by atoms with Crippen molar-refractivity contribution in [2.75, 3.05) is 6.54 Å². The molecule has 1 saturated carbocycles. The molecule has 0 aromatic carbocycles. The average Bonchev–Trinajstić information content (AvgIpc) is 2.81. The van der Waals surface area contributed by atoms with E-state index < -0.39 is 10.0 Å². The Morgan fingerprint density at radius 1 is 1.56 bits per heavy atom. The second kappa shape index (κ2) is 4.10. The van der Waals surface area contributed by atoms with Gasteiger partial charge >= 0.3 is 0 Å². The zero-order valence-electron chi connectivity index (χ0n) is 9.19. The predicted octanol–water partition coefficient (Wildman–Crippen LogP) is 1.29. The zero-order valence-corrected chi connectivity index (χ0v) is 10.8. The molecular formula is C10H16N2O2S2. The summed E-state index contributed by atoms with van der Waals surface area (Å²) in [5.74, 6) is 0. The van der Waals surface area contributed by atoms with E-state index in [1.165, 1.54) is 11.3 Å². The molecule has 1 fully saturated rings. The highest BCUT2D eigenvalue weighted by molar-refractivity contribution is 7.89. The van der Waals surface area contributed by atoms with Crippen LogP contribution in [-0.2, 0) is 16.6 Å². The fourth-order valence-electron chi connectivity index (χ4n) is 1.45. The molecule has 0 amide bonds. The normalized spacial score (nSPS) is 18.6. The Bertz CT molecular complexity index is 475. The summed E-state index contributed by atoms with van der Waals surface area (Å²) in [6, 6.07) is 1.62. The molecule has 1 heterocycles. The fraction of sp³-hybridized carbons (Fsp3) is 0.600. The maximum Gasteiger partial charge on any atom is 0.241 e. The molecule has 6 heteroatoms. The number of thiophene rings is 1. The fourth-order valence-corrected chi connectivity index (χ4v) is 3.99. The van der Waals surface area contributed by atoms with Crippen LogP contribution in [0.15, 0.2) is 16.3 Å². The van der Waals surface area contributed by atoms with Crippen LogP contribution in [0.3, 0.4) is 0 Å². The van der Waals surface area contributed by atoms with Gasteiger partial charge in [0.15, 0.2) is 0 Å². The molecule has 0 aliphatic heterocycles. The third-order valence-electron chi connectivity index (χ3n) is 2.97. The summed E-state index contributed by atoms with van der Waals surface area (Å²) < 4.78 is 26.6. The van der Waals surface area contributed by atoms with Crippen LogP contribution in [0.4, 0.5) is 0 Å². The van der Waals surface area contributed by atoms with Gasteiger partial charge in [-0.15, -0.1) is 11.3 Å². The van der Waals surface area contributed by atoms with Crippen molar-refractivity contribution >= 4 is 21.4 Å². The lowest BCUT2D eigenvalue weighted by atomic mass is 10.2. The number of nitrogens with one attached hydrogen (secondary N) is 1. The number of hydrogen-bond donors (Lipinski definition) is 2. The van der Waals surface area contributed by atoms with E-state index in [1.54, 1.807) is 11.4 Å². The maximum atomic E-state index is 12.0. The van der Waals surface area contributed by atoms with Crippen molar-refractivity contribution < 1.29 is 8.42 Å². The summed E-state index contributed by atoms with van der Waals surface area (Å²) in [5, 5.41) is 1.76. The Balaban J connectivity index is 2.12. The first-order valence-corrected chi connectivity index (χ1v) is 7.59. The number of rotatable bonds is 5. The Labute approximate surface area is 99.9 Å². The third-order valence-corrected chi connectivity index (χ3v) is 5.53. The molecule has 2 rings (SSSR count). The minimum Gasteiger partial charge on any atom is -0.326 e. The molecule has 4 nitrogen and oxygen atoms in total. The molecule has 0 radical (unpaired) electrons. The highest BCUT2D eigenvalue weighted by Crippen LogP contribution is 2.44. The van der Waals surface area contributed by atoms with Gasteiger partial charge in [-0.05, 0) is 29.7 Å². The van der Waals surface area contributed by atoms with E-state index in [-0.39, 0.29) is 12.0 Å². The van der Waals surface area contributed by atoms with Crippen molar-refractivity contribution in [2.45, 2.75) is 31.2 Å². The van der Waals surface area contributed by atoms with Gasteiger partial charge in [-0.2, -0.15) is 0 Å². The molecule has 1 aliphatic carbocycles. The number of hydrogen-bond acceptors (Lipinski definition) is 4. The van der Waals surface area contributed by atoms with Crippen molar-refractivity contribution in [3.8, 4) is 0 Å². The third kappa shape index (κ3) is 2.45. The van der Waals surface area contributed by atoms with Gasteiger partial charge in [0, 0.05) is 18.0 Å². The van der Waals surface area contributed by atoms with Crippen molar-refractivity contribution in [1.82, 2.24) is 4.72 Å². The van der Waals surface area contributed by atoms with Crippen molar-refractivity contribution in [3.63, 3.8) is 0 Å². The molecule has 90 valence electrons. The Morgan fingerprint density at radius 2 is 2.25 bits per heavy atom. The van der Waals surface area contributed by atoms with Gasteiger partial charge in [0.2, 0.25) is 10.0 Å². The Morgan fingerprint density at radius 3 is 2.81 bits per heavy atom. The summed E-state index contributed by atoms with van der Waals surface area (Å²) in [6.07, 6.45) is 2.20. The summed E-state index contributed by atoms with van der Waals surface area (Å²) >= 11 is 1.38. The van der Waals surface area contributed by atoms with Crippen LogP contribution in [0.25, 0.3) is 0 Å². The summed E-state index contributed by atoms with van der Waals surface area (Å²) in [4.78, 5) is 1.05. The molecule has 1 aromatic rings.